The van der Waals surface area contributed by atoms with Gasteiger partial charge in [-0.15, -0.1) is 0 Å². The van der Waals surface area contributed by atoms with Gasteiger partial charge in [0.2, 0.25) is 0 Å². The van der Waals surface area contributed by atoms with Gasteiger partial charge in [0, 0.05) is 24.2 Å². The number of alkyl halides is 3. The fourth-order valence-corrected chi connectivity index (χ4v) is 6.30. The lowest BCUT2D eigenvalue weighted by Gasteiger charge is -2.47. The van der Waals surface area contributed by atoms with Crippen molar-refractivity contribution in [3.8, 4) is 11.1 Å². The zero-order valence-electron chi connectivity index (χ0n) is 19.3. The molecular formula is C27H29F3N2O2. The van der Waals surface area contributed by atoms with Crippen LogP contribution in [-0.2, 0) is 15.7 Å². The highest BCUT2D eigenvalue weighted by Crippen LogP contribution is 2.51. The lowest BCUT2D eigenvalue weighted by molar-refractivity contribution is -0.144. The van der Waals surface area contributed by atoms with Crippen LogP contribution in [0.25, 0.3) is 17.2 Å². The highest BCUT2D eigenvalue weighted by atomic mass is 19.4. The van der Waals surface area contributed by atoms with Crippen molar-refractivity contribution in [3.63, 3.8) is 0 Å². The highest BCUT2D eigenvalue weighted by molar-refractivity contribution is 5.75. The average molecular weight is 471 g/mol. The van der Waals surface area contributed by atoms with Gasteiger partial charge in [0.05, 0.1) is 17.2 Å². The maximum absolute atomic E-state index is 13.1. The highest BCUT2D eigenvalue weighted by Gasteiger charge is 2.54. The number of likely N-dealkylation sites (tertiary alicyclic amines) is 1. The Morgan fingerprint density at radius 3 is 2.74 bits per heavy atom. The third-order valence-electron chi connectivity index (χ3n) is 7.90. The zero-order valence-corrected chi connectivity index (χ0v) is 19.3. The van der Waals surface area contributed by atoms with Crippen LogP contribution < -0.4 is 0 Å². The fourth-order valence-electron chi connectivity index (χ4n) is 6.30. The maximum atomic E-state index is 13.1. The first-order chi connectivity index (χ1) is 16.2. The molecule has 3 fully saturated rings. The van der Waals surface area contributed by atoms with E-state index in [-0.39, 0.29) is 29.8 Å². The minimum Gasteiger partial charge on any atom is -0.462 e. The summed E-state index contributed by atoms with van der Waals surface area (Å²) in [6.45, 7) is 4.06. The van der Waals surface area contributed by atoms with Gasteiger partial charge in [-0.25, -0.2) is 0 Å². The summed E-state index contributed by atoms with van der Waals surface area (Å²) in [5.41, 5.74) is 1.20. The van der Waals surface area contributed by atoms with Crippen molar-refractivity contribution in [2.45, 2.75) is 32.0 Å². The van der Waals surface area contributed by atoms with Gasteiger partial charge in [0.25, 0.3) is 0 Å². The topological polar surface area (TPSA) is 42.4 Å². The molecule has 1 aliphatic carbocycles. The SMILES string of the molecule is C[C@H]1OC(=O)C2CC3CN(C)CCC3C(/C=C/c3ccc(-c4cccc(C(F)(F)F)c4)cn3)C21. The number of hydrogen-bond donors (Lipinski definition) is 0. The van der Waals surface area contributed by atoms with Crippen molar-refractivity contribution in [1.82, 2.24) is 9.88 Å². The summed E-state index contributed by atoms with van der Waals surface area (Å²) in [6, 6.07) is 8.92. The number of ether oxygens (including phenoxy) is 1. The number of hydrogen-bond acceptors (Lipinski definition) is 4. The third-order valence-corrected chi connectivity index (χ3v) is 7.90. The Bertz CT molecular complexity index is 1080. The molecule has 5 rings (SSSR count). The minimum absolute atomic E-state index is 0.0476. The Morgan fingerprint density at radius 2 is 2.00 bits per heavy atom. The van der Waals surface area contributed by atoms with E-state index < -0.39 is 11.7 Å². The second-order valence-electron chi connectivity index (χ2n) is 10.0. The minimum atomic E-state index is -4.38. The van der Waals surface area contributed by atoms with Gasteiger partial charge < -0.3 is 9.64 Å². The molecule has 6 atom stereocenters. The molecule has 2 saturated heterocycles. The summed E-state index contributed by atoms with van der Waals surface area (Å²) in [7, 11) is 2.14. The van der Waals surface area contributed by atoms with E-state index in [2.05, 4.69) is 23.0 Å². The molecule has 0 spiro atoms. The van der Waals surface area contributed by atoms with Gasteiger partial charge >= 0.3 is 12.1 Å². The molecule has 1 aromatic heterocycles. The van der Waals surface area contributed by atoms with E-state index in [0.29, 0.717) is 23.0 Å². The molecule has 1 aromatic carbocycles. The number of rotatable bonds is 3. The zero-order chi connectivity index (χ0) is 24.0. The molecule has 3 heterocycles. The van der Waals surface area contributed by atoms with E-state index in [1.165, 1.54) is 6.07 Å². The van der Waals surface area contributed by atoms with E-state index in [1.54, 1.807) is 18.3 Å². The Labute approximate surface area is 197 Å². The van der Waals surface area contributed by atoms with Crippen molar-refractivity contribution >= 4 is 12.0 Å². The van der Waals surface area contributed by atoms with Gasteiger partial charge in [-0.2, -0.15) is 13.2 Å². The molecule has 4 nitrogen and oxygen atoms in total. The van der Waals surface area contributed by atoms with Crippen molar-refractivity contribution < 1.29 is 22.7 Å². The number of carbonyl (C=O) groups excluding carboxylic acids is 1. The molecular weight excluding hydrogens is 441 g/mol. The second-order valence-corrected chi connectivity index (χ2v) is 10.0. The van der Waals surface area contributed by atoms with E-state index in [1.807, 2.05) is 19.1 Å². The molecule has 2 aromatic rings. The summed E-state index contributed by atoms with van der Waals surface area (Å²) < 4.78 is 44.8. The lowest BCUT2D eigenvalue weighted by Crippen LogP contribution is -2.49. The molecule has 5 unspecified atom stereocenters. The molecule has 2 aliphatic heterocycles. The number of cyclic esters (lactones) is 1. The smallest absolute Gasteiger partial charge is 0.416 e. The van der Waals surface area contributed by atoms with Gasteiger partial charge in [-0.3, -0.25) is 9.78 Å². The number of benzene rings is 1. The van der Waals surface area contributed by atoms with Gasteiger partial charge in [0.15, 0.2) is 0 Å². The van der Waals surface area contributed by atoms with E-state index in [9.17, 15) is 18.0 Å². The molecule has 0 N–H and O–H groups in total. The maximum Gasteiger partial charge on any atom is 0.416 e. The van der Waals surface area contributed by atoms with Gasteiger partial charge in [-0.05, 0) is 81.0 Å². The number of halogens is 3. The van der Waals surface area contributed by atoms with Crippen LogP contribution in [0.2, 0.25) is 0 Å². The van der Waals surface area contributed by atoms with Crippen LogP contribution in [0.5, 0.6) is 0 Å². The summed E-state index contributed by atoms with van der Waals surface area (Å²) in [5, 5.41) is 0. The first-order valence-electron chi connectivity index (χ1n) is 11.9. The van der Waals surface area contributed by atoms with E-state index in [0.717, 1.165) is 43.8 Å². The van der Waals surface area contributed by atoms with Crippen LogP contribution in [0.1, 0.15) is 31.0 Å². The Hall–Kier alpha value is -2.67. The van der Waals surface area contributed by atoms with E-state index >= 15 is 0 Å². The van der Waals surface area contributed by atoms with E-state index in [4.69, 9.17) is 4.74 Å². The third kappa shape index (κ3) is 4.38. The molecule has 34 heavy (non-hydrogen) atoms. The summed E-state index contributed by atoms with van der Waals surface area (Å²) in [5.74, 6) is 1.29. The first-order valence-corrected chi connectivity index (χ1v) is 11.9. The number of pyridine rings is 1. The summed E-state index contributed by atoms with van der Waals surface area (Å²) in [6.07, 6.45) is 3.34. The fraction of sp³-hybridized carbons (Fsp3) is 0.481. The second kappa shape index (κ2) is 8.84. The number of fused-ring (bicyclic) bond motifs is 2. The normalized spacial score (nSPS) is 31.9. The number of aromatic nitrogens is 1. The van der Waals surface area contributed by atoms with Crippen LogP contribution >= 0.6 is 0 Å². The molecule has 7 heteroatoms. The lowest BCUT2D eigenvalue weighted by atomic mass is 9.59. The van der Waals surface area contributed by atoms with Crippen molar-refractivity contribution in [1.29, 1.82) is 0 Å². The number of esters is 1. The standard InChI is InChI=1S/C27H29F3N2O2/c1-16-25-23(22-10-11-32(2)15-19(22)13-24(25)26(33)34-16)9-8-21-7-6-18(14-31-21)17-4-3-5-20(12-17)27(28,29)30/h3-9,12,14,16,19,22-25H,10-11,13,15H2,1-2H3/b9-8+/t16-,19?,22?,23?,24?,25?/m1/s1. The monoisotopic (exact) mass is 470 g/mol. The Kier molecular flexibility index (Phi) is 6.00. The predicted octanol–water partition coefficient (Wildman–Crippen LogP) is 5.55. The number of carbonyl (C=O) groups is 1. The van der Waals surface area contributed by atoms with Gasteiger partial charge in [0.1, 0.15) is 6.10 Å². The molecule has 0 bridgehead atoms. The Morgan fingerprint density at radius 1 is 1.18 bits per heavy atom. The van der Waals surface area contributed by atoms with Gasteiger partial charge in [-0.1, -0.05) is 24.3 Å². The number of nitrogens with zero attached hydrogens (tertiary/aromatic N) is 2. The summed E-state index contributed by atoms with van der Waals surface area (Å²) in [4.78, 5) is 19.3. The first kappa shape index (κ1) is 23.1. The molecule has 0 amide bonds. The summed E-state index contributed by atoms with van der Waals surface area (Å²) >= 11 is 0. The average Bonchev–Trinajstić information content (AvgIpc) is 3.09. The molecule has 180 valence electrons. The van der Waals surface area contributed by atoms with Crippen LogP contribution in [0, 0.1) is 29.6 Å². The van der Waals surface area contributed by atoms with Crippen LogP contribution in [0.15, 0.2) is 48.7 Å². The largest absolute Gasteiger partial charge is 0.462 e. The Balaban J connectivity index is 1.38. The predicted molar refractivity (Wildman–Crippen MR) is 123 cm³/mol. The number of allylic oxidation sites excluding steroid dienone is 1. The van der Waals surface area contributed by atoms with Crippen molar-refractivity contribution in [2.24, 2.45) is 29.6 Å². The molecule has 0 radical (unpaired) electrons. The van der Waals surface area contributed by atoms with Crippen LogP contribution in [0.3, 0.4) is 0 Å². The van der Waals surface area contributed by atoms with Crippen molar-refractivity contribution in [2.75, 3.05) is 20.1 Å². The van der Waals surface area contributed by atoms with Crippen LogP contribution in [-0.4, -0.2) is 42.1 Å². The van der Waals surface area contributed by atoms with Crippen molar-refractivity contribution in [3.05, 3.63) is 59.9 Å². The molecule has 1 saturated carbocycles. The number of piperidine rings is 1. The quantitative estimate of drug-likeness (QED) is 0.552. The van der Waals surface area contributed by atoms with Crippen LogP contribution in [0.4, 0.5) is 13.2 Å². The molecule has 3 aliphatic rings.